The van der Waals surface area contributed by atoms with Crippen molar-refractivity contribution >= 4 is 23.8 Å². The number of halogens is 1. The summed E-state index contributed by atoms with van der Waals surface area (Å²) in [5, 5.41) is 2.52. The molecule has 26 heavy (non-hydrogen) atoms. The summed E-state index contributed by atoms with van der Waals surface area (Å²) in [5.41, 5.74) is 3.64. The molecule has 0 fully saturated rings. The lowest BCUT2D eigenvalue weighted by atomic mass is 10.1. The minimum atomic E-state index is -0.942. The predicted octanol–water partition coefficient (Wildman–Crippen LogP) is -3.66. The van der Waals surface area contributed by atoms with Crippen molar-refractivity contribution in [1.82, 2.24) is 5.32 Å². The Bertz CT molecular complexity index is 460. The van der Waals surface area contributed by atoms with Gasteiger partial charge in [0, 0.05) is 19.3 Å². The Morgan fingerprint density at radius 1 is 0.846 bits per heavy atom. The molecule has 0 spiro atoms. The summed E-state index contributed by atoms with van der Waals surface area (Å²) in [6.45, 7) is 5.67. The van der Waals surface area contributed by atoms with Gasteiger partial charge in [-0.3, -0.25) is 9.59 Å². The van der Waals surface area contributed by atoms with Gasteiger partial charge in [0.25, 0.3) is 0 Å². The predicted molar refractivity (Wildman–Crippen MR) is 87.0 cm³/mol. The molecule has 0 saturated heterocycles. The number of esters is 3. The third-order valence-corrected chi connectivity index (χ3v) is 3.19. The lowest BCUT2D eigenvalue weighted by Crippen LogP contribution is -3.00. The van der Waals surface area contributed by atoms with Gasteiger partial charge in [-0.25, -0.2) is 9.59 Å². The highest BCUT2D eigenvalue weighted by atomic mass is 79.9. The SMILES string of the molecule is CCOC(=O)CC[C@H]([15NH]C(=O)CC[C@H]([15NH3+])C(=O)OCC)C(=O)OCC.[Br-]. The molecule has 0 rings (SSSR count). The first kappa shape index (κ1) is 26.5. The highest BCUT2D eigenvalue weighted by molar-refractivity contribution is 5.85. The van der Waals surface area contributed by atoms with Crippen molar-refractivity contribution in [2.45, 2.75) is 58.5 Å². The van der Waals surface area contributed by atoms with E-state index in [1.54, 1.807) is 20.8 Å². The molecule has 0 aromatic rings. The summed E-state index contributed by atoms with van der Waals surface area (Å²) >= 11 is 0. The van der Waals surface area contributed by atoms with E-state index in [4.69, 9.17) is 14.2 Å². The molecule has 0 saturated carbocycles. The molecule has 0 aromatic carbocycles. The minimum absolute atomic E-state index is 0. The fourth-order valence-electron chi connectivity index (χ4n) is 1.94. The third kappa shape index (κ3) is 11.8. The highest BCUT2D eigenvalue weighted by Crippen LogP contribution is 2.04. The van der Waals surface area contributed by atoms with Crippen LogP contribution >= 0.6 is 0 Å². The third-order valence-electron chi connectivity index (χ3n) is 3.19. The Morgan fingerprint density at radius 3 is 1.92 bits per heavy atom. The van der Waals surface area contributed by atoms with Crippen LogP contribution in [0.5, 0.6) is 0 Å². The van der Waals surface area contributed by atoms with Crippen LogP contribution in [0.1, 0.15) is 46.5 Å². The van der Waals surface area contributed by atoms with Gasteiger partial charge < -0.3 is 42.2 Å². The fourth-order valence-corrected chi connectivity index (χ4v) is 1.94. The van der Waals surface area contributed by atoms with Crippen molar-refractivity contribution in [3.63, 3.8) is 0 Å². The van der Waals surface area contributed by atoms with Gasteiger partial charge in [0.05, 0.1) is 19.8 Å². The summed E-state index contributed by atoms with van der Waals surface area (Å²) in [7, 11) is 0. The van der Waals surface area contributed by atoms with E-state index in [9.17, 15) is 19.2 Å². The largest absolute Gasteiger partial charge is 1.00 e. The lowest BCUT2D eigenvalue weighted by molar-refractivity contribution is -0.409. The molecule has 2 atom stereocenters. The minimum Gasteiger partial charge on any atom is -1.00 e. The van der Waals surface area contributed by atoms with Crippen molar-refractivity contribution < 1.29 is 56.1 Å². The van der Waals surface area contributed by atoms with Gasteiger partial charge in [-0.2, -0.15) is 0 Å². The molecule has 1 amide bonds. The molecular formula is C16H29BrN2O7. The monoisotopic (exact) mass is 442 g/mol. The molecule has 0 aliphatic rings. The van der Waals surface area contributed by atoms with E-state index >= 15 is 0 Å². The Labute approximate surface area is 164 Å². The van der Waals surface area contributed by atoms with Crippen LogP contribution in [-0.4, -0.2) is 55.7 Å². The van der Waals surface area contributed by atoms with Gasteiger partial charge in [0.2, 0.25) is 5.91 Å². The molecule has 0 bridgehead atoms. The molecular weight excluding hydrogens is 414 g/mol. The highest BCUT2D eigenvalue weighted by Gasteiger charge is 2.25. The molecule has 0 aromatic heterocycles. The Hall–Kier alpha value is -1.68. The maximum Gasteiger partial charge on any atom is 0.364 e. The van der Waals surface area contributed by atoms with Crippen molar-refractivity contribution in [3.05, 3.63) is 0 Å². The number of hydrogen-bond donors (Lipinski definition) is 2. The zero-order valence-corrected chi connectivity index (χ0v) is 17.1. The van der Waals surface area contributed by atoms with Crippen LogP contribution < -0.4 is 28.0 Å². The first-order chi connectivity index (χ1) is 11.8. The Balaban J connectivity index is 0. The van der Waals surface area contributed by atoms with E-state index in [0.29, 0.717) is 0 Å². The zero-order valence-electron chi connectivity index (χ0n) is 15.5. The Morgan fingerprint density at radius 2 is 1.38 bits per heavy atom. The Kier molecular flexibility index (Phi) is 15.9. The average molecular weight is 443 g/mol. The van der Waals surface area contributed by atoms with Crippen molar-refractivity contribution in [2.24, 2.45) is 0 Å². The molecule has 0 aliphatic carbocycles. The van der Waals surface area contributed by atoms with Crippen LogP contribution in [0.25, 0.3) is 0 Å². The smallest absolute Gasteiger partial charge is 0.364 e. The van der Waals surface area contributed by atoms with E-state index in [0.717, 1.165) is 0 Å². The van der Waals surface area contributed by atoms with Gasteiger partial charge >= 0.3 is 17.9 Å². The number of hydrogen-bond acceptors (Lipinski definition) is 7. The number of rotatable bonds is 12. The number of quaternary nitrogens is 1. The van der Waals surface area contributed by atoms with Crippen molar-refractivity contribution in [2.75, 3.05) is 19.8 Å². The fraction of sp³-hybridized carbons (Fsp3) is 0.750. The molecule has 0 radical (unpaired) electrons. The van der Waals surface area contributed by atoms with Gasteiger partial charge in [-0.05, 0) is 27.2 Å². The standard InChI is InChI=1S/C16H28N2O7.BrH/c1-4-23-14(20)10-8-12(16(22)25-6-3)18-13(19)9-7-11(17)15(21)24-5-2;/h11-12H,4-10,17H2,1-3H3,(H,18,19);1H/t11-,12-;/m0./s1/i17+1,18+1;. The molecule has 0 heterocycles. The van der Waals surface area contributed by atoms with E-state index in [1.807, 2.05) is 0 Å². The lowest BCUT2D eigenvalue weighted by Gasteiger charge is -2.17. The summed E-state index contributed by atoms with van der Waals surface area (Å²) in [5.74, 6) is -1.97. The number of amides is 1. The topological polar surface area (TPSA) is 136 Å². The normalized spacial score (nSPS) is 12.2. The number of ether oxygens (including phenoxy) is 3. The quantitative estimate of drug-likeness (QED) is 0.180. The molecule has 152 valence electrons. The van der Waals surface area contributed by atoms with Gasteiger partial charge in [-0.15, -0.1) is 0 Å². The van der Waals surface area contributed by atoms with Crippen LogP contribution in [0.2, 0.25) is 0 Å². The van der Waals surface area contributed by atoms with E-state index < -0.39 is 35.9 Å². The van der Waals surface area contributed by atoms with Gasteiger partial charge in [0.1, 0.15) is 6.04 Å². The second-order valence-electron chi connectivity index (χ2n) is 5.20. The van der Waals surface area contributed by atoms with Gasteiger partial charge in [0.15, 0.2) is 6.04 Å². The summed E-state index contributed by atoms with van der Waals surface area (Å²) in [6.07, 6.45) is 0.258. The van der Waals surface area contributed by atoms with Crippen LogP contribution in [0.3, 0.4) is 0 Å². The summed E-state index contributed by atoms with van der Waals surface area (Å²) < 4.78 is 14.5. The first-order valence-electron chi connectivity index (χ1n) is 8.46. The van der Waals surface area contributed by atoms with Crippen LogP contribution in [0.4, 0.5) is 0 Å². The number of carbonyl (C=O) groups excluding carboxylic acids is 4. The van der Waals surface area contributed by atoms with Crippen LogP contribution in [-0.2, 0) is 33.4 Å². The zero-order chi connectivity index (χ0) is 19.2. The number of carbonyl (C=O) groups is 4. The average Bonchev–Trinajstić information content (AvgIpc) is 2.56. The van der Waals surface area contributed by atoms with Crippen LogP contribution in [0.15, 0.2) is 0 Å². The second kappa shape index (κ2) is 15.6. The van der Waals surface area contributed by atoms with E-state index in [2.05, 4.69) is 11.1 Å². The molecule has 0 aliphatic heterocycles. The van der Waals surface area contributed by atoms with Crippen molar-refractivity contribution in [1.29, 1.82) is 0 Å². The molecule has 10 heteroatoms. The maximum atomic E-state index is 12.0. The second-order valence-corrected chi connectivity index (χ2v) is 5.20. The van der Waals surface area contributed by atoms with Crippen molar-refractivity contribution in [3.8, 4) is 0 Å². The van der Waals surface area contributed by atoms with E-state index in [1.165, 1.54) is 0 Å². The summed E-state index contributed by atoms with van der Waals surface area (Å²) in [6, 6.07) is -1.60. The maximum absolute atomic E-state index is 12.0. The summed E-state index contributed by atoms with van der Waals surface area (Å²) in [4.78, 5) is 46.8. The molecule has 0 unspecified atom stereocenters. The molecule has 4 N–H and O–H groups in total. The first-order valence-corrected chi connectivity index (χ1v) is 8.46. The van der Waals surface area contributed by atoms with Gasteiger partial charge in [-0.1, -0.05) is 0 Å². The van der Waals surface area contributed by atoms with Crippen LogP contribution in [0, 0.1) is 0 Å². The number of nitrogens with one attached hydrogen (secondary N) is 1. The van der Waals surface area contributed by atoms with E-state index in [-0.39, 0.29) is 62.5 Å². The molecule has 9 nitrogen and oxygen atoms in total.